The highest BCUT2D eigenvalue weighted by Crippen LogP contribution is 2.29. The van der Waals surface area contributed by atoms with Gasteiger partial charge in [-0.1, -0.05) is 12.1 Å². The second kappa shape index (κ2) is 8.52. The number of rotatable bonds is 3. The molecular formula is C22H26N2O6. The van der Waals surface area contributed by atoms with Crippen LogP contribution < -0.4 is 4.90 Å². The van der Waals surface area contributed by atoms with Crippen LogP contribution in [-0.4, -0.2) is 39.4 Å². The lowest BCUT2D eigenvalue weighted by atomic mass is 10.1. The number of carboxylic acids is 1. The van der Waals surface area contributed by atoms with Crippen LogP contribution in [0.4, 0.5) is 15.4 Å². The largest absolute Gasteiger partial charge is 0.478 e. The summed E-state index contributed by atoms with van der Waals surface area (Å²) in [5.74, 6) is -1.06. The van der Waals surface area contributed by atoms with Crippen LogP contribution in [0.1, 0.15) is 47.1 Å². The number of pyridine rings is 1. The number of carboxylic acid groups (broad SMARTS) is 1. The van der Waals surface area contributed by atoms with Crippen molar-refractivity contribution >= 4 is 40.8 Å². The lowest BCUT2D eigenvalue weighted by Gasteiger charge is -2.28. The van der Waals surface area contributed by atoms with Gasteiger partial charge in [0.25, 0.3) is 0 Å². The summed E-state index contributed by atoms with van der Waals surface area (Å²) in [7, 11) is 0. The van der Waals surface area contributed by atoms with Crippen LogP contribution in [0.5, 0.6) is 0 Å². The van der Waals surface area contributed by atoms with E-state index in [2.05, 4.69) is 4.98 Å². The molecule has 0 saturated heterocycles. The number of hydrogen-bond acceptors (Lipinski definition) is 6. The van der Waals surface area contributed by atoms with E-state index in [9.17, 15) is 14.4 Å². The summed E-state index contributed by atoms with van der Waals surface area (Å²) in [6.07, 6.45) is 2.01. The van der Waals surface area contributed by atoms with Gasteiger partial charge in [0.2, 0.25) is 0 Å². The van der Waals surface area contributed by atoms with Crippen LogP contribution in [0, 0.1) is 0 Å². The number of carbonyl (C=O) groups is 3. The van der Waals surface area contributed by atoms with Gasteiger partial charge in [-0.2, -0.15) is 4.90 Å². The molecule has 0 spiro atoms. The first-order valence-electron chi connectivity index (χ1n) is 9.33. The second-order valence-corrected chi connectivity index (χ2v) is 8.58. The number of anilines is 1. The molecule has 0 bridgehead atoms. The van der Waals surface area contributed by atoms with Crippen molar-refractivity contribution in [2.45, 2.75) is 52.7 Å². The first kappa shape index (κ1) is 22.9. The number of carbonyl (C=O) groups excluding carboxylic acids is 2. The molecule has 0 unspecified atom stereocenters. The summed E-state index contributed by atoms with van der Waals surface area (Å²) in [5.41, 5.74) is -1.14. The molecule has 160 valence electrons. The molecular weight excluding hydrogens is 388 g/mol. The number of benzene rings is 1. The number of amides is 2. The molecule has 0 aliphatic rings. The highest BCUT2D eigenvalue weighted by atomic mass is 16.6. The van der Waals surface area contributed by atoms with Gasteiger partial charge in [-0.05, 0) is 70.7 Å². The van der Waals surface area contributed by atoms with Gasteiger partial charge in [-0.15, -0.1) is 0 Å². The zero-order valence-corrected chi connectivity index (χ0v) is 17.9. The molecule has 30 heavy (non-hydrogen) atoms. The maximum absolute atomic E-state index is 12.9. The van der Waals surface area contributed by atoms with E-state index in [1.54, 1.807) is 65.8 Å². The van der Waals surface area contributed by atoms with Crippen LogP contribution in [0.15, 0.2) is 36.5 Å². The maximum Gasteiger partial charge on any atom is 0.425 e. The molecule has 2 amide bonds. The number of hydrogen-bond donors (Lipinski definition) is 1. The molecule has 1 aromatic heterocycles. The van der Waals surface area contributed by atoms with Crippen molar-refractivity contribution in [3.05, 3.63) is 42.1 Å². The van der Waals surface area contributed by atoms with Crippen molar-refractivity contribution in [3.8, 4) is 0 Å². The zero-order valence-electron chi connectivity index (χ0n) is 17.9. The van der Waals surface area contributed by atoms with E-state index in [1.165, 1.54) is 12.3 Å². The molecule has 1 heterocycles. The third-order valence-corrected chi connectivity index (χ3v) is 3.55. The molecule has 0 fully saturated rings. The Labute approximate surface area is 175 Å². The van der Waals surface area contributed by atoms with Gasteiger partial charge in [-0.3, -0.25) is 0 Å². The van der Waals surface area contributed by atoms with Crippen molar-refractivity contribution in [1.29, 1.82) is 0 Å². The Morgan fingerprint density at radius 3 is 2.03 bits per heavy atom. The van der Waals surface area contributed by atoms with Crippen molar-refractivity contribution in [2.24, 2.45) is 0 Å². The summed E-state index contributed by atoms with van der Waals surface area (Å²) in [6.45, 7) is 10.1. The fraction of sp³-hybridized carbons (Fsp3) is 0.364. The molecule has 0 aliphatic carbocycles. The number of nitrogens with zero attached hydrogens (tertiary/aromatic N) is 2. The first-order valence-corrected chi connectivity index (χ1v) is 9.33. The molecule has 1 N–H and O–H groups in total. The predicted molar refractivity (Wildman–Crippen MR) is 113 cm³/mol. The quantitative estimate of drug-likeness (QED) is 0.704. The normalized spacial score (nSPS) is 12.1. The molecule has 0 radical (unpaired) electrons. The van der Waals surface area contributed by atoms with Crippen LogP contribution in [0.3, 0.4) is 0 Å². The van der Waals surface area contributed by atoms with E-state index in [0.29, 0.717) is 16.3 Å². The minimum atomic E-state index is -1.09. The molecule has 8 heteroatoms. The van der Waals surface area contributed by atoms with Crippen LogP contribution in [0.2, 0.25) is 0 Å². The van der Waals surface area contributed by atoms with E-state index >= 15 is 0 Å². The Morgan fingerprint density at radius 2 is 1.53 bits per heavy atom. The predicted octanol–water partition coefficient (Wildman–Crippen LogP) is 5.01. The molecule has 0 aliphatic heterocycles. The van der Waals surface area contributed by atoms with Crippen molar-refractivity contribution < 1.29 is 29.0 Å². The highest BCUT2D eigenvalue weighted by Gasteiger charge is 2.34. The third kappa shape index (κ3) is 6.30. The van der Waals surface area contributed by atoms with Crippen molar-refractivity contribution in [1.82, 2.24) is 4.98 Å². The average molecular weight is 414 g/mol. The fourth-order valence-corrected chi connectivity index (χ4v) is 2.48. The smallest absolute Gasteiger partial charge is 0.425 e. The van der Waals surface area contributed by atoms with Gasteiger partial charge in [0.15, 0.2) is 5.82 Å². The fourth-order valence-electron chi connectivity index (χ4n) is 2.48. The number of imide groups is 1. The lowest BCUT2D eigenvalue weighted by Crippen LogP contribution is -2.44. The van der Waals surface area contributed by atoms with Crippen molar-refractivity contribution in [3.63, 3.8) is 0 Å². The zero-order chi connectivity index (χ0) is 22.7. The van der Waals surface area contributed by atoms with Gasteiger partial charge < -0.3 is 14.6 Å². The number of fused-ring (bicyclic) bond motifs is 1. The molecule has 8 nitrogen and oxygen atoms in total. The van der Waals surface area contributed by atoms with Gasteiger partial charge in [0, 0.05) is 17.7 Å². The highest BCUT2D eigenvalue weighted by molar-refractivity contribution is 6.14. The Balaban J connectivity index is 2.63. The molecule has 1 aromatic carbocycles. The summed E-state index contributed by atoms with van der Waals surface area (Å²) >= 11 is 0. The number of aliphatic carboxylic acids is 1. The lowest BCUT2D eigenvalue weighted by molar-refractivity contribution is -0.131. The van der Waals surface area contributed by atoms with Gasteiger partial charge in [-0.25, -0.2) is 19.4 Å². The second-order valence-electron chi connectivity index (χ2n) is 8.58. The van der Waals surface area contributed by atoms with Crippen molar-refractivity contribution in [2.75, 3.05) is 4.90 Å². The first-order chi connectivity index (χ1) is 13.8. The summed E-state index contributed by atoms with van der Waals surface area (Å²) in [4.78, 5) is 41.6. The van der Waals surface area contributed by atoms with Crippen LogP contribution in [-0.2, 0) is 14.3 Å². The maximum atomic E-state index is 12.9. The summed E-state index contributed by atoms with van der Waals surface area (Å²) in [5, 5.41) is 10.0. The number of ether oxygens (including phenoxy) is 2. The summed E-state index contributed by atoms with van der Waals surface area (Å²) < 4.78 is 10.8. The van der Waals surface area contributed by atoms with Gasteiger partial charge in [0.05, 0.1) is 0 Å². The Bertz CT molecular complexity index is 971. The van der Waals surface area contributed by atoms with Gasteiger partial charge in [0.1, 0.15) is 11.2 Å². The monoisotopic (exact) mass is 414 g/mol. The third-order valence-electron chi connectivity index (χ3n) is 3.55. The van der Waals surface area contributed by atoms with E-state index in [0.717, 1.165) is 11.0 Å². The van der Waals surface area contributed by atoms with E-state index in [4.69, 9.17) is 14.6 Å². The average Bonchev–Trinajstić information content (AvgIpc) is 2.57. The van der Waals surface area contributed by atoms with Crippen LogP contribution in [0.25, 0.3) is 16.8 Å². The topological polar surface area (TPSA) is 106 Å². The summed E-state index contributed by atoms with van der Waals surface area (Å²) in [6, 6.07) is 6.81. The number of aromatic nitrogens is 1. The molecule has 2 rings (SSSR count). The SMILES string of the molecule is CC(C)(C)OC(=O)N(C(=O)OC(C)(C)C)c1nccc2ccc(/C=C\C(=O)O)cc12. The minimum absolute atomic E-state index is 0.0292. The van der Waals surface area contributed by atoms with E-state index in [1.807, 2.05) is 0 Å². The van der Waals surface area contributed by atoms with Crippen LogP contribution >= 0.6 is 0 Å². The van der Waals surface area contributed by atoms with E-state index < -0.39 is 29.4 Å². The van der Waals surface area contributed by atoms with Gasteiger partial charge >= 0.3 is 18.2 Å². The standard InChI is InChI=1S/C22H26N2O6/c1-21(2,3)29-19(27)24(20(28)30-22(4,5)6)18-16-13-14(8-10-17(25)26)7-9-15(16)11-12-23-18/h7-13H,1-6H3,(H,25,26)/b10-8-. The Kier molecular flexibility index (Phi) is 6.50. The minimum Gasteiger partial charge on any atom is -0.478 e. The molecule has 0 atom stereocenters. The Morgan fingerprint density at radius 1 is 0.967 bits per heavy atom. The van der Waals surface area contributed by atoms with E-state index in [-0.39, 0.29) is 5.82 Å². The molecule has 0 saturated carbocycles. The molecule has 2 aromatic rings. The Hall–Kier alpha value is -3.42.